The molecule has 0 saturated heterocycles. The Balaban J connectivity index is 2.00. The number of amides is 1. The maximum atomic E-state index is 12.6. The number of carbonyl (C=O) groups is 2. The first-order valence-electron chi connectivity index (χ1n) is 9.57. The summed E-state index contributed by atoms with van der Waals surface area (Å²) in [6, 6.07) is 18.3. The standard InChI is InChI=1S/C23H29NO3/c1-4-27-22(25)15-21(13-17(2)3)23(26)24-16-18-9-8-12-20(14-18)19-10-6-5-7-11-19/h5-12,14,17,21H,4,13,15-16H2,1-3H3,(H,24,26). The Morgan fingerprint density at radius 3 is 2.37 bits per heavy atom. The van der Waals surface area contributed by atoms with Crippen molar-refractivity contribution in [3.8, 4) is 11.1 Å². The number of ether oxygens (including phenoxy) is 1. The molecular weight excluding hydrogens is 338 g/mol. The number of rotatable bonds is 9. The molecule has 1 N–H and O–H groups in total. The van der Waals surface area contributed by atoms with Gasteiger partial charge in [-0.3, -0.25) is 9.59 Å². The predicted octanol–water partition coefficient (Wildman–Crippen LogP) is 4.59. The van der Waals surface area contributed by atoms with Crippen molar-refractivity contribution < 1.29 is 14.3 Å². The third-order valence-electron chi connectivity index (χ3n) is 4.35. The van der Waals surface area contributed by atoms with E-state index in [2.05, 4.69) is 43.4 Å². The lowest BCUT2D eigenvalue weighted by molar-refractivity contribution is -0.146. The maximum Gasteiger partial charge on any atom is 0.306 e. The molecule has 27 heavy (non-hydrogen) atoms. The molecule has 4 heteroatoms. The van der Waals surface area contributed by atoms with Crippen LogP contribution in [0, 0.1) is 11.8 Å². The van der Waals surface area contributed by atoms with Gasteiger partial charge in [0.1, 0.15) is 0 Å². The summed E-state index contributed by atoms with van der Waals surface area (Å²) in [5, 5.41) is 2.98. The van der Waals surface area contributed by atoms with Crippen LogP contribution >= 0.6 is 0 Å². The zero-order valence-corrected chi connectivity index (χ0v) is 16.4. The zero-order chi connectivity index (χ0) is 19.6. The van der Waals surface area contributed by atoms with Crippen molar-refractivity contribution in [2.45, 2.75) is 40.2 Å². The Kier molecular flexibility index (Phi) is 8.05. The van der Waals surface area contributed by atoms with E-state index in [1.54, 1.807) is 6.92 Å². The molecule has 0 aromatic heterocycles. The molecule has 0 aliphatic rings. The van der Waals surface area contributed by atoms with Gasteiger partial charge in [0.25, 0.3) is 0 Å². The molecule has 0 aliphatic heterocycles. The van der Waals surface area contributed by atoms with Gasteiger partial charge in [0.2, 0.25) is 5.91 Å². The molecule has 0 fully saturated rings. The molecule has 1 unspecified atom stereocenters. The summed E-state index contributed by atoms with van der Waals surface area (Å²) >= 11 is 0. The summed E-state index contributed by atoms with van der Waals surface area (Å²) < 4.78 is 5.01. The number of esters is 1. The Morgan fingerprint density at radius 2 is 1.70 bits per heavy atom. The van der Waals surface area contributed by atoms with Gasteiger partial charge in [-0.05, 0) is 42.0 Å². The van der Waals surface area contributed by atoms with Gasteiger partial charge in [0.05, 0.1) is 13.0 Å². The van der Waals surface area contributed by atoms with Crippen LogP contribution in [-0.2, 0) is 20.9 Å². The predicted molar refractivity (Wildman–Crippen MR) is 108 cm³/mol. The maximum absolute atomic E-state index is 12.6. The van der Waals surface area contributed by atoms with Gasteiger partial charge in [-0.1, -0.05) is 62.4 Å². The molecule has 2 aromatic carbocycles. The molecule has 0 heterocycles. The highest BCUT2D eigenvalue weighted by molar-refractivity contribution is 5.83. The lowest BCUT2D eigenvalue weighted by Gasteiger charge is -2.18. The summed E-state index contributed by atoms with van der Waals surface area (Å²) in [5.41, 5.74) is 3.29. The second-order valence-electron chi connectivity index (χ2n) is 7.12. The number of nitrogens with one attached hydrogen (secondary N) is 1. The second kappa shape index (κ2) is 10.5. The van der Waals surface area contributed by atoms with Crippen molar-refractivity contribution in [1.82, 2.24) is 5.32 Å². The van der Waals surface area contributed by atoms with Crippen molar-refractivity contribution in [2.75, 3.05) is 6.61 Å². The van der Waals surface area contributed by atoms with Crippen LogP contribution in [0.15, 0.2) is 54.6 Å². The van der Waals surface area contributed by atoms with Gasteiger partial charge in [-0.2, -0.15) is 0 Å². The second-order valence-corrected chi connectivity index (χ2v) is 7.12. The Labute approximate surface area is 161 Å². The first kappa shape index (κ1) is 20.7. The minimum atomic E-state index is -0.360. The highest BCUT2D eigenvalue weighted by atomic mass is 16.5. The fourth-order valence-corrected chi connectivity index (χ4v) is 3.10. The van der Waals surface area contributed by atoms with Gasteiger partial charge in [0.15, 0.2) is 0 Å². The van der Waals surface area contributed by atoms with E-state index in [4.69, 9.17) is 4.74 Å². The molecule has 2 rings (SSSR count). The van der Waals surface area contributed by atoms with Crippen molar-refractivity contribution in [2.24, 2.45) is 11.8 Å². The van der Waals surface area contributed by atoms with Gasteiger partial charge in [-0.15, -0.1) is 0 Å². The lowest BCUT2D eigenvalue weighted by atomic mass is 9.93. The quantitative estimate of drug-likeness (QED) is 0.660. The van der Waals surface area contributed by atoms with Gasteiger partial charge < -0.3 is 10.1 Å². The van der Waals surface area contributed by atoms with Gasteiger partial charge >= 0.3 is 5.97 Å². The van der Waals surface area contributed by atoms with Crippen LogP contribution in [-0.4, -0.2) is 18.5 Å². The molecule has 0 saturated carbocycles. The highest BCUT2D eigenvalue weighted by Crippen LogP contribution is 2.20. The normalized spacial score (nSPS) is 11.9. The summed E-state index contributed by atoms with van der Waals surface area (Å²) in [5.74, 6) is -0.441. The fraction of sp³-hybridized carbons (Fsp3) is 0.391. The highest BCUT2D eigenvalue weighted by Gasteiger charge is 2.23. The molecule has 2 aromatic rings. The molecule has 1 amide bonds. The van der Waals surface area contributed by atoms with Crippen molar-refractivity contribution >= 4 is 11.9 Å². The van der Waals surface area contributed by atoms with E-state index >= 15 is 0 Å². The van der Waals surface area contributed by atoms with E-state index in [0.717, 1.165) is 16.7 Å². The number of carbonyl (C=O) groups excluding carboxylic acids is 2. The van der Waals surface area contributed by atoms with E-state index in [0.29, 0.717) is 25.5 Å². The van der Waals surface area contributed by atoms with Crippen molar-refractivity contribution in [3.63, 3.8) is 0 Å². The summed E-state index contributed by atoms with van der Waals surface area (Å²) in [4.78, 5) is 24.4. The van der Waals surface area contributed by atoms with E-state index in [1.807, 2.05) is 30.3 Å². The zero-order valence-electron chi connectivity index (χ0n) is 16.4. The molecule has 0 bridgehead atoms. The molecule has 1 atom stereocenters. The topological polar surface area (TPSA) is 55.4 Å². The average molecular weight is 367 g/mol. The Hall–Kier alpha value is -2.62. The number of hydrogen-bond donors (Lipinski definition) is 1. The molecule has 144 valence electrons. The first-order valence-corrected chi connectivity index (χ1v) is 9.57. The SMILES string of the molecule is CCOC(=O)CC(CC(C)C)C(=O)NCc1cccc(-c2ccccc2)c1. The number of hydrogen-bond acceptors (Lipinski definition) is 3. The molecule has 4 nitrogen and oxygen atoms in total. The summed E-state index contributed by atoms with van der Waals surface area (Å²) in [6.07, 6.45) is 0.788. The van der Waals surface area contributed by atoms with E-state index < -0.39 is 0 Å². The Bertz CT molecular complexity index is 740. The van der Waals surface area contributed by atoms with Gasteiger partial charge in [0, 0.05) is 12.5 Å². The fourth-order valence-electron chi connectivity index (χ4n) is 3.10. The number of benzene rings is 2. The van der Waals surface area contributed by atoms with Crippen LogP contribution in [0.2, 0.25) is 0 Å². The lowest BCUT2D eigenvalue weighted by Crippen LogP contribution is -2.33. The smallest absolute Gasteiger partial charge is 0.306 e. The third-order valence-corrected chi connectivity index (χ3v) is 4.35. The molecular formula is C23H29NO3. The average Bonchev–Trinajstić information content (AvgIpc) is 2.66. The van der Waals surface area contributed by atoms with Crippen LogP contribution in [0.1, 0.15) is 39.2 Å². The van der Waals surface area contributed by atoms with Crippen LogP contribution in [0.4, 0.5) is 0 Å². The first-order chi connectivity index (χ1) is 13.0. The summed E-state index contributed by atoms with van der Waals surface area (Å²) in [7, 11) is 0. The monoisotopic (exact) mass is 367 g/mol. The van der Waals surface area contributed by atoms with E-state index in [-0.39, 0.29) is 24.2 Å². The van der Waals surface area contributed by atoms with Crippen LogP contribution < -0.4 is 5.32 Å². The Morgan fingerprint density at radius 1 is 1.00 bits per heavy atom. The minimum Gasteiger partial charge on any atom is -0.466 e. The molecule has 0 radical (unpaired) electrons. The third kappa shape index (κ3) is 6.89. The van der Waals surface area contributed by atoms with Crippen molar-refractivity contribution in [1.29, 1.82) is 0 Å². The van der Waals surface area contributed by atoms with Crippen molar-refractivity contribution in [3.05, 3.63) is 60.2 Å². The molecule has 0 spiro atoms. The molecule has 0 aliphatic carbocycles. The van der Waals surface area contributed by atoms with E-state index in [1.165, 1.54) is 0 Å². The van der Waals surface area contributed by atoms with Crippen LogP contribution in [0.25, 0.3) is 11.1 Å². The summed E-state index contributed by atoms with van der Waals surface area (Å²) in [6.45, 7) is 6.65. The van der Waals surface area contributed by atoms with Gasteiger partial charge in [-0.25, -0.2) is 0 Å². The van der Waals surface area contributed by atoms with Crippen LogP contribution in [0.5, 0.6) is 0 Å². The van der Waals surface area contributed by atoms with Crippen LogP contribution in [0.3, 0.4) is 0 Å². The minimum absolute atomic E-state index is 0.0955. The largest absolute Gasteiger partial charge is 0.466 e. The van der Waals surface area contributed by atoms with E-state index in [9.17, 15) is 9.59 Å².